The molecule has 21 heavy (non-hydrogen) atoms. The lowest BCUT2D eigenvalue weighted by atomic mass is 10.0. The molecule has 0 spiro atoms. The Hall–Kier alpha value is -2.29. The van der Waals surface area contributed by atoms with Crippen molar-refractivity contribution in [2.24, 2.45) is 0 Å². The Bertz CT molecular complexity index is 630. The molecule has 2 amide bonds. The standard InChI is InChI=1S/C18H20N2O/c1-14-8-10-15(11-9-14)18(12-13-18)19-17(21)20(2)16-6-4-3-5-7-16/h3-11H,12-13H2,1-2H3,(H,19,21). The monoisotopic (exact) mass is 280 g/mol. The van der Waals surface area contributed by atoms with E-state index in [-0.39, 0.29) is 11.6 Å². The predicted molar refractivity (Wildman–Crippen MR) is 85.5 cm³/mol. The second kappa shape index (κ2) is 5.24. The van der Waals surface area contributed by atoms with Gasteiger partial charge in [0, 0.05) is 12.7 Å². The van der Waals surface area contributed by atoms with Crippen LogP contribution in [0.3, 0.4) is 0 Å². The summed E-state index contributed by atoms with van der Waals surface area (Å²) in [5.41, 5.74) is 3.16. The molecule has 2 aromatic carbocycles. The van der Waals surface area contributed by atoms with Gasteiger partial charge in [0.2, 0.25) is 0 Å². The minimum atomic E-state index is -0.173. The van der Waals surface area contributed by atoms with Crippen molar-refractivity contribution in [1.82, 2.24) is 5.32 Å². The van der Waals surface area contributed by atoms with Gasteiger partial charge in [-0.25, -0.2) is 4.79 Å². The van der Waals surface area contributed by atoms with Gasteiger partial charge >= 0.3 is 6.03 Å². The minimum Gasteiger partial charge on any atom is -0.328 e. The van der Waals surface area contributed by atoms with Gasteiger partial charge in [-0.2, -0.15) is 0 Å². The molecule has 3 rings (SSSR count). The van der Waals surface area contributed by atoms with Crippen LogP contribution in [0.5, 0.6) is 0 Å². The fourth-order valence-electron chi connectivity index (χ4n) is 2.54. The summed E-state index contributed by atoms with van der Waals surface area (Å²) < 4.78 is 0. The number of carbonyl (C=O) groups is 1. The average molecular weight is 280 g/mol. The van der Waals surface area contributed by atoms with Gasteiger partial charge in [0.25, 0.3) is 0 Å². The third-order valence-corrected chi connectivity index (χ3v) is 4.15. The maximum absolute atomic E-state index is 12.5. The van der Waals surface area contributed by atoms with Crippen molar-refractivity contribution in [1.29, 1.82) is 0 Å². The molecular formula is C18H20N2O. The molecule has 0 bridgehead atoms. The third-order valence-electron chi connectivity index (χ3n) is 4.15. The lowest BCUT2D eigenvalue weighted by molar-refractivity contribution is 0.242. The molecule has 1 N–H and O–H groups in total. The van der Waals surface area contributed by atoms with Gasteiger partial charge in [0.05, 0.1) is 5.54 Å². The first-order valence-electron chi connectivity index (χ1n) is 7.29. The summed E-state index contributed by atoms with van der Waals surface area (Å²) in [7, 11) is 1.80. The molecule has 1 saturated carbocycles. The average Bonchev–Trinajstić information content (AvgIpc) is 3.28. The molecule has 108 valence electrons. The van der Waals surface area contributed by atoms with E-state index < -0.39 is 0 Å². The molecule has 0 heterocycles. The summed E-state index contributed by atoms with van der Waals surface area (Å²) in [4.78, 5) is 14.1. The number of aryl methyl sites for hydroxylation is 1. The van der Waals surface area contributed by atoms with Gasteiger partial charge in [-0.1, -0.05) is 48.0 Å². The molecule has 0 aliphatic heterocycles. The van der Waals surface area contributed by atoms with Gasteiger partial charge in [0.15, 0.2) is 0 Å². The van der Waals surface area contributed by atoms with Crippen molar-refractivity contribution in [3.05, 3.63) is 65.7 Å². The molecule has 3 nitrogen and oxygen atoms in total. The van der Waals surface area contributed by atoms with E-state index in [4.69, 9.17) is 0 Å². The summed E-state index contributed by atoms with van der Waals surface area (Å²) >= 11 is 0. The number of para-hydroxylation sites is 1. The van der Waals surface area contributed by atoms with E-state index in [0.717, 1.165) is 18.5 Å². The largest absolute Gasteiger partial charge is 0.328 e. The number of anilines is 1. The number of hydrogen-bond donors (Lipinski definition) is 1. The van der Waals surface area contributed by atoms with Crippen LogP contribution in [-0.2, 0) is 5.54 Å². The maximum Gasteiger partial charge on any atom is 0.322 e. The van der Waals surface area contributed by atoms with Gasteiger partial charge in [0.1, 0.15) is 0 Å². The van der Waals surface area contributed by atoms with Crippen LogP contribution in [0.25, 0.3) is 0 Å². The molecule has 1 fully saturated rings. The van der Waals surface area contributed by atoms with Crippen LogP contribution in [0.1, 0.15) is 24.0 Å². The van der Waals surface area contributed by atoms with Crippen molar-refractivity contribution in [3.8, 4) is 0 Å². The Labute approximate surface area is 125 Å². The summed E-state index contributed by atoms with van der Waals surface area (Å²) in [6.07, 6.45) is 2.01. The number of nitrogens with zero attached hydrogens (tertiary/aromatic N) is 1. The summed E-state index contributed by atoms with van der Waals surface area (Å²) in [6, 6.07) is 18.1. The second-order valence-electron chi connectivity index (χ2n) is 5.77. The van der Waals surface area contributed by atoms with Crippen LogP contribution in [0.2, 0.25) is 0 Å². The SMILES string of the molecule is Cc1ccc(C2(NC(=O)N(C)c3ccccc3)CC2)cc1. The van der Waals surface area contributed by atoms with Crippen LogP contribution in [-0.4, -0.2) is 13.1 Å². The lowest BCUT2D eigenvalue weighted by Crippen LogP contribution is -2.43. The molecule has 1 aliphatic rings. The zero-order valence-electron chi connectivity index (χ0n) is 12.5. The Morgan fingerprint density at radius 2 is 1.67 bits per heavy atom. The zero-order valence-corrected chi connectivity index (χ0v) is 12.5. The topological polar surface area (TPSA) is 32.3 Å². The van der Waals surface area contributed by atoms with E-state index in [1.165, 1.54) is 11.1 Å². The van der Waals surface area contributed by atoms with E-state index in [0.29, 0.717) is 0 Å². The number of urea groups is 1. The Kier molecular flexibility index (Phi) is 3.42. The highest BCUT2D eigenvalue weighted by Crippen LogP contribution is 2.45. The van der Waals surface area contributed by atoms with Crippen LogP contribution >= 0.6 is 0 Å². The molecule has 1 aliphatic carbocycles. The molecule has 0 saturated heterocycles. The number of rotatable bonds is 3. The number of nitrogens with one attached hydrogen (secondary N) is 1. The van der Waals surface area contributed by atoms with Crippen LogP contribution in [0.4, 0.5) is 10.5 Å². The van der Waals surface area contributed by atoms with Gasteiger partial charge in [-0.3, -0.25) is 4.90 Å². The molecule has 0 radical (unpaired) electrons. The fraction of sp³-hybridized carbons (Fsp3) is 0.278. The zero-order chi connectivity index (χ0) is 14.9. The molecule has 0 unspecified atom stereocenters. The van der Waals surface area contributed by atoms with E-state index in [1.807, 2.05) is 30.3 Å². The fourth-order valence-corrected chi connectivity index (χ4v) is 2.54. The molecule has 3 heteroatoms. The number of carbonyl (C=O) groups excluding carboxylic acids is 1. The number of benzene rings is 2. The maximum atomic E-state index is 12.5. The summed E-state index contributed by atoms with van der Waals surface area (Å²) in [5, 5.41) is 3.19. The predicted octanol–water partition coefficient (Wildman–Crippen LogP) is 3.83. The minimum absolute atomic E-state index is 0.0562. The molecule has 2 aromatic rings. The number of amides is 2. The quantitative estimate of drug-likeness (QED) is 0.910. The van der Waals surface area contributed by atoms with Crippen molar-refractivity contribution >= 4 is 11.7 Å². The highest BCUT2D eigenvalue weighted by Gasteiger charge is 2.46. The van der Waals surface area contributed by atoms with E-state index in [1.54, 1.807) is 11.9 Å². The first kappa shape index (κ1) is 13.7. The smallest absolute Gasteiger partial charge is 0.322 e. The summed E-state index contributed by atoms with van der Waals surface area (Å²) in [5.74, 6) is 0. The third kappa shape index (κ3) is 2.77. The normalized spacial score (nSPS) is 15.3. The van der Waals surface area contributed by atoms with Crippen molar-refractivity contribution in [2.45, 2.75) is 25.3 Å². The van der Waals surface area contributed by atoms with Crippen molar-refractivity contribution in [2.75, 3.05) is 11.9 Å². The van der Waals surface area contributed by atoms with Gasteiger partial charge in [-0.15, -0.1) is 0 Å². The van der Waals surface area contributed by atoms with Gasteiger partial charge < -0.3 is 5.32 Å². The van der Waals surface area contributed by atoms with E-state index in [9.17, 15) is 4.79 Å². The van der Waals surface area contributed by atoms with E-state index in [2.05, 4.69) is 36.5 Å². The highest BCUT2D eigenvalue weighted by atomic mass is 16.2. The van der Waals surface area contributed by atoms with Gasteiger partial charge in [-0.05, 0) is 37.5 Å². The summed E-state index contributed by atoms with van der Waals surface area (Å²) in [6.45, 7) is 2.07. The molecule has 0 atom stereocenters. The second-order valence-corrected chi connectivity index (χ2v) is 5.77. The first-order valence-corrected chi connectivity index (χ1v) is 7.29. The lowest BCUT2D eigenvalue weighted by Gasteiger charge is -2.24. The Morgan fingerprint density at radius 3 is 2.24 bits per heavy atom. The first-order chi connectivity index (χ1) is 10.1. The number of hydrogen-bond acceptors (Lipinski definition) is 1. The highest BCUT2D eigenvalue weighted by molar-refractivity contribution is 5.92. The molecular weight excluding hydrogens is 260 g/mol. The van der Waals surface area contributed by atoms with Crippen LogP contribution in [0, 0.1) is 6.92 Å². The Balaban J connectivity index is 1.74. The molecule has 0 aromatic heterocycles. The van der Waals surface area contributed by atoms with E-state index >= 15 is 0 Å². The Morgan fingerprint density at radius 1 is 1.05 bits per heavy atom. The van der Waals surface area contributed by atoms with Crippen molar-refractivity contribution in [3.63, 3.8) is 0 Å². The van der Waals surface area contributed by atoms with Crippen molar-refractivity contribution < 1.29 is 4.79 Å². The van der Waals surface area contributed by atoms with Crippen LogP contribution < -0.4 is 10.2 Å². The van der Waals surface area contributed by atoms with Crippen LogP contribution in [0.15, 0.2) is 54.6 Å².